The van der Waals surface area contributed by atoms with Gasteiger partial charge in [0.15, 0.2) is 5.15 Å². The molecule has 0 amide bonds. The first-order valence-electron chi connectivity index (χ1n) is 3.79. The number of hydrogen-bond donors (Lipinski definition) is 1. The average molecular weight is 292 g/mol. The second kappa shape index (κ2) is 3.57. The van der Waals surface area contributed by atoms with Gasteiger partial charge in [-0.25, -0.2) is 4.98 Å². The molecule has 0 saturated carbocycles. The molecule has 1 heterocycles. The molecule has 0 atom stereocenters. The number of benzene rings is 1. The summed E-state index contributed by atoms with van der Waals surface area (Å²) in [5.74, 6) is 0. The highest BCUT2D eigenvalue weighted by molar-refractivity contribution is 9.10. The smallest absolute Gasteiger partial charge is 0.154 e. The van der Waals surface area contributed by atoms with Crippen LogP contribution in [0.25, 0.3) is 10.9 Å². The van der Waals surface area contributed by atoms with Gasteiger partial charge in [0.1, 0.15) is 0 Å². The fourth-order valence-corrected chi connectivity index (χ4v) is 2.02. The zero-order chi connectivity index (χ0) is 10.3. The molecule has 0 aliphatic carbocycles. The topological polar surface area (TPSA) is 38.9 Å². The summed E-state index contributed by atoms with van der Waals surface area (Å²) in [4.78, 5) is 4.11. The highest BCUT2D eigenvalue weighted by Gasteiger charge is 2.09. The summed E-state index contributed by atoms with van der Waals surface area (Å²) in [5, 5.41) is 1.48. The van der Waals surface area contributed by atoms with Crippen LogP contribution in [0, 0.1) is 0 Å². The quantitative estimate of drug-likeness (QED) is 0.748. The van der Waals surface area contributed by atoms with Gasteiger partial charge < -0.3 is 5.73 Å². The lowest BCUT2D eigenvalue weighted by molar-refractivity contribution is 1.41. The van der Waals surface area contributed by atoms with Crippen LogP contribution in [0.4, 0.5) is 5.69 Å². The van der Waals surface area contributed by atoms with Gasteiger partial charge in [-0.1, -0.05) is 39.1 Å². The minimum absolute atomic E-state index is 0.241. The van der Waals surface area contributed by atoms with Crippen molar-refractivity contribution >= 4 is 55.7 Å². The van der Waals surface area contributed by atoms with Crippen molar-refractivity contribution < 1.29 is 0 Å². The predicted molar refractivity (Wildman–Crippen MR) is 63.9 cm³/mol. The normalized spacial score (nSPS) is 10.8. The Bertz CT molecular complexity index is 514. The molecule has 0 spiro atoms. The predicted octanol–water partition coefficient (Wildman–Crippen LogP) is 3.89. The summed E-state index contributed by atoms with van der Waals surface area (Å²) >= 11 is 15.2. The van der Waals surface area contributed by atoms with Crippen LogP contribution in [0.1, 0.15) is 0 Å². The van der Waals surface area contributed by atoms with Crippen molar-refractivity contribution in [1.29, 1.82) is 0 Å². The van der Waals surface area contributed by atoms with E-state index < -0.39 is 0 Å². The maximum atomic E-state index is 6.03. The second-order valence-electron chi connectivity index (χ2n) is 2.79. The molecule has 0 radical (unpaired) electrons. The van der Waals surface area contributed by atoms with Gasteiger partial charge in [0, 0.05) is 9.86 Å². The third kappa shape index (κ3) is 1.56. The number of nitrogens with two attached hydrogens (primary N) is 1. The molecule has 1 aromatic heterocycles. The summed E-state index contributed by atoms with van der Waals surface area (Å²) < 4.78 is 0.926. The lowest BCUT2D eigenvalue weighted by atomic mass is 10.2. The van der Waals surface area contributed by atoms with Gasteiger partial charge in [0.05, 0.1) is 16.2 Å². The standard InChI is InChI=1S/C9H5BrCl2N2/c10-4-1-2-6-5(3-4)7(11)8(13)9(12)14-6/h1-3H,13H2. The van der Waals surface area contributed by atoms with Gasteiger partial charge in [-0.05, 0) is 18.2 Å². The number of aromatic nitrogens is 1. The number of fused-ring (bicyclic) bond motifs is 1. The molecule has 0 unspecified atom stereocenters. The van der Waals surface area contributed by atoms with Crippen LogP contribution in [0.3, 0.4) is 0 Å². The lowest BCUT2D eigenvalue weighted by Crippen LogP contribution is -1.92. The summed E-state index contributed by atoms with van der Waals surface area (Å²) in [5.41, 5.74) is 6.71. The first-order chi connectivity index (χ1) is 6.59. The number of nitrogens with zero attached hydrogens (tertiary/aromatic N) is 1. The Morgan fingerprint density at radius 3 is 2.71 bits per heavy atom. The van der Waals surface area contributed by atoms with E-state index in [0.29, 0.717) is 10.7 Å². The van der Waals surface area contributed by atoms with Gasteiger partial charge in [-0.3, -0.25) is 0 Å². The summed E-state index contributed by atoms with van der Waals surface area (Å²) in [6, 6.07) is 5.56. The molecule has 2 N–H and O–H groups in total. The average Bonchev–Trinajstić information content (AvgIpc) is 2.16. The van der Waals surface area contributed by atoms with Crippen LogP contribution in [-0.2, 0) is 0 Å². The molecular weight excluding hydrogens is 287 g/mol. The SMILES string of the molecule is Nc1c(Cl)nc2ccc(Br)cc2c1Cl. The first-order valence-corrected chi connectivity index (χ1v) is 5.34. The summed E-state index contributed by atoms with van der Waals surface area (Å²) in [6.07, 6.45) is 0. The van der Waals surface area contributed by atoms with E-state index in [0.717, 1.165) is 15.4 Å². The highest BCUT2D eigenvalue weighted by Crippen LogP contribution is 2.33. The Balaban J connectivity index is 2.92. The van der Waals surface area contributed by atoms with Crippen molar-refractivity contribution in [3.05, 3.63) is 32.8 Å². The number of hydrogen-bond acceptors (Lipinski definition) is 2. The third-order valence-electron chi connectivity index (χ3n) is 1.87. The van der Waals surface area contributed by atoms with Crippen LogP contribution in [-0.4, -0.2) is 4.98 Å². The summed E-state index contributed by atoms with van der Waals surface area (Å²) in [7, 11) is 0. The van der Waals surface area contributed by atoms with Crippen molar-refractivity contribution in [3.63, 3.8) is 0 Å². The minimum atomic E-state index is 0.241. The highest BCUT2D eigenvalue weighted by atomic mass is 79.9. The molecule has 0 saturated heterocycles. The molecular formula is C9H5BrCl2N2. The molecule has 2 aromatic rings. The number of halogens is 3. The van der Waals surface area contributed by atoms with E-state index in [4.69, 9.17) is 28.9 Å². The van der Waals surface area contributed by atoms with E-state index in [2.05, 4.69) is 20.9 Å². The van der Waals surface area contributed by atoms with E-state index in [9.17, 15) is 0 Å². The Morgan fingerprint density at radius 2 is 2.00 bits per heavy atom. The molecule has 0 aliphatic rings. The molecule has 2 nitrogen and oxygen atoms in total. The lowest BCUT2D eigenvalue weighted by Gasteiger charge is -2.05. The molecule has 0 fully saturated rings. The molecule has 72 valence electrons. The number of nitrogen functional groups attached to an aromatic ring is 1. The fourth-order valence-electron chi connectivity index (χ4n) is 1.18. The largest absolute Gasteiger partial charge is 0.395 e. The van der Waals surface area contributed by atoms with Crippen molar-refractivity contribution in [2.45, 2.75) is 0 Å². The van der Waals surface area contributed by atoms with Gasteiger partial charge in [-0.2, -0.15) is 0 Å². The van der Waals surface area contributed by atoms with Crippen LogP contribution in [0.15, 0.2) is 22.7 Å². The van der Waals surface area contributed by atoms with Crippen LogP contribution >= 0.6 is 39.1 Å². The Labute approximate surface area is 99.1 Å². The molecule has 0 bridgehead atoms. The van der Waals surface area contributed by atoms with Crippen molar-refractivity contribution in [1.82, 2.24) is 4.98 Å². The van der Waals surface area contributed by atoms with Gasteiger partial charge in [-0.15, -0.1) is 0 Å². The monoisotopic (exact) mass is 290 g/mol. The Kier molecular flexibility index (Phi) is 2.56. The Morgan fingerprint density at radius 1 is 1.29 bits per heavy atom. The van der Waals surface area contributed by atoms with Crippen molar-refractivity contribution in [3.8, 4) is 0 Å². The molecule has 1 aromatic carbocycles. The van der Waals surface area contributed by atoms with E-state index in [1.165, 1.54) is 0 Å². The van der Waals surface area contributed by atoms with E-state index >= 15 is 0 Å². The number of rotatable bonds is 0. The molecule has 0 aliphatic heterocycles. The van der Waals surface area contributed by atoms with Gasteiger partial charge in [0.2, 0.25) is 0 Å². The molecule has 2 rings (SSSR count). The van der Waals surface area contributed by atoms with Crippen LogP contribution in [0.2, 0.25) is 10.2 Å². The minimum Gasteiger partial charge on any atom is -0.395 e. The van der Waals surface area contributed by atoms with E-state index in [-0.39, 0.29) is 5.15 Å². The Hall–Kier alpha value is -0.510. The van der Waals surface area contributed by atoms with Crippen LogP contribution < -0.4 is 5.73 Å². The maximum absolute atomic E-state index is 6.03. The van der Waals surface area contributed by atoms with Crippen molar-refractivity contribution in [2.75, 3.05) is 5.73 Å². The zero-order valence-electron chi connectivity index (χ0n) is 6.89. The number of anilines is 1. The van der Waals surface area contributed by atoms with Crippen molar-refractivity contribution in [2.24, 2.45) is 0 Å². The first kappa shape index (κ1) is 10.0. The van der Waals surface area contributed by atoms with Crippen LogP contribution in [0.5, 0.6) is 0 Å². The summed E-state index contributed by atoms with van der Waals surface area (Å²) in [6.45, 7) is 0. The van der Waals surface area contributed by atoms with Gasteiger partial charge >= 0.3 is 0 Å². The van der Waals surface area contributed by atoms with E-state index in [1.807, 2.05) is 18.2 Å². The van der Waals surface area contributed by atoms with Gasteiger partial charge in [0.25, 0.3) is 0 Å². The molecule has 5 heteroatoms. The number of pyridine rings is 1. The zero-order valence-corrected chi connectivity index (χ0v) is 9.99. The van der Waals surface area contributed by atoms with E-state index in [1.54, 1.807) is 0 Å². The fraction of sp³-hybridized carbons (Fsp3) is 0. The second-order valence-corrected chi connectivity index (χ2v) is 4.44. The molecule has 14 heavy (non-hydrogen) atoms. The maximum Gasteiger partial charge on any atom is 0.154 e. The third-order valence-corrected chi connectivity index (χ3v) is 3.06.